The van der Waals surface area contributed by atoms with Crippen molar-refractivity contribution >= 4 is 27.3 Å². The number of sulfonamides is 1. The molecule has 1 N–H and O–H groups in total. The first-order chi connectivity index (χ1) is 9.98. The van der Waals surface area contributed by atoms with Gasteiger partial charge in [0.1, 0.15) is 12.4 Å². The average Bonchev–Trinajstić information content (AvgIpc) is 2.46. The van der Waals surface area contributed by atoms with E-state index in [9.17, 15) is 17.6 Å². The van der Waals surface area contributed by atoms with Crippen LogP contribution in [-0.2, 0) is 14.8 Å². The van der Waals surface area contributed by atoms with Gasteiger partial charge in [-0.3, -0.25) is 9.10 Å². The van der Waals surface area contributed by atoms with Gasteiger partial charge in [0.05, 0.1) is 16.3 Å². The van der Waals surface area contributed by atoms with Crippen LogP contribution in [0.1, 0.15) is 0 Å². The summed E-state index contributed by atoms with van der Waals surface area (Å²) in [6, 6.07) is 11.3. The van der Waals surface area contributed by atoms with Gasteiger partial charge in [-0.25, -0.2) is 12.8 Å². The van der Waals surface area contributed by atoms with E-state index in [1.165, 1.54) is 12.1 Å². The van der Waals surface area contributed by atoms with E-state index in [4.69, 9.17) is 0 Å². The molecule has 0 saturated heterocycles. The van der Waals surface area contributed by atoms with Gasteiger partial charge in [-0.2, -0.15) is 0 Å². The number of carbonyl (C=O) groups excluding carboxylic acids is 1. The van der Waals surface area contributed by atoms with Crippen LogP contribution in [0.15, 0.2) is 53.4 Å². The summed E-state index contributed by atoms with van der Waals surface area (Å²) in [4.78, 5) is 11.5. The van der Waals surface area contributed by atoms with Gasteiger partial charge in [0.25, 0.3) is 10.0 Å². The number of rotatable bonds is 2. The molecule has 0 radical (unpaired) electrons. The number of benzene rings is 2. The first-order valence-electron chi connectivity index (χ1n) is 6.16. The summed E-state index contributed by atoms with van der Waals surface area (Å²) in [5.41, 5.74) is 0.773. The fraction of sp³-hybridized carbons (Fsp3) is 0.0714. The molecule has 0 spiro atoms. The van der Waals surface area contributed by atoms with E-state index in [0.29, 0.717) is 11.4 Å². The predicted octanol–water partition coefficient (Wildman–Crippen LogP) is 1.97. The second-order valence-corrected chi connectivity index (χ2v) is 6.40. The Morgan fingerprint density at radius 3 is 2.62 bits per heavy atom. The van der Waals surface area contributed by atoms with Gasteiger partial charge in [0, 0.05) is 0 Å². The van der Waals surface area contributed by atoms with Crippen molar-refractivity contribution in [2.75, 3.05) is 16.2 Å². The Balaban J connectivity index is 2.14. The molecule has 0 atom stereocenters. The van der Waals surface area contributed by atoms with Crippen LogP contribution >= 0.6 is 0 Å². The predicted molar refractivity (Wildman–Crippen MR) is 76.0 cm³/mol. The van der Waals surface area contributed by atoms with Crippen molar-refractivity contribution in [2.24, 2.45) is 0 Å². The zero-order valence-electron chi connectivity index (χ0n) is 10.8. The standard InChI is InChI=1S/C14H11FN2O3S/c15-10-4-3-5-11(8-10)21(19,20)17-9-14(18)16-12-6-1-2-7-13(12)17/h1-8H,9H2,(H,16,18). The summed E-state index contributed by atoms with van der Waals surface area (Å²) < 4.78 is 39.5. The van der Waals surface area contributed by atoms with Crippen LogP contribution in [-0.4, -0.2) is 20.9 Å². The lowest BCUT2D eigenvalue weighted by atomic mass is 10.2. The molecule has 5 nitrogen and oxygen atoms in total. The second kappa shape index (κ2) is 4.85. The molecule has 1 aliphatic rings. The minimum absolute atomic E-state index is 0.188. The first kappa shape index (κ1) is 13.6. The van der Waals surface area contributed by atoms with Crippen LogP contribution in [0.5, 0.6) is 0 Å². The van der Waals surface area contributed by atoms with E-state index in [2.05, 4.69) is 5.32 Å². The number of fused-ring (bicyclic) bond motifs is 1. The Kier molecular flexibility index (Phi) is 3.13. The molecule has 0 bridgehead atoms. The molecule has 1 aliphatic heterocycles. The van der Waals surface area contributed by atoms with E-state index >= 15 is 0 Å². The highest BCUT2D eigenvalue weighted by Crippen LogP contribution is 2.33. The smallest absolute Gasteiger partial charge is 0.264 e. The fourth-order valence-corrected chi connectivity index (χ4v) is 3.64. The molecular formula is C14H11FN2O3S. The Morgan fingerprint density at radius 1 is 1.10 bits per heavy atom. The number of halogens is 1. The van der Waals surface area contributed by atoms with Gasteiger partial charge >= 0.3 is 0 Å². The molecule has 7 heteroatoms. The summed E-state index contributed by atoms with van der Waals surface area (Å²) in [6.07, 6.45) is 0. The van der Waals surface area contributed by atoms with E-state index < -0.39 is 21.7 Å². The normalized spacial score (nSPS) is 14.5. The maximum absolute atomic E-state index is 13.3. The van der Waals surface area contributed by atoms with Crippen molar-refractivity contribution in [1.29, 1.82) is 0 Å². The molecule has 0 fully saturated rings. The monoisotopic (exact) mass is 306 g/mol. The number of amides is 1. The van der Waals surface area contributed by atoms with Gasteiger partial charge in [-0.05, 0) is 30.3 Å². The topological polar surface area (TPSA) is 66.5 Å². The molecule has 21 heavy (non-hydrogen) atoms. The highest BCUT2D eigenvalue weighted by molar-refractivity contribution is 7.92. The summed E-state index contributed by atoms with van der Waals surface area (Å²) in [5, 5.41) is 2.61. The Bertz CT molecular complexity index is 820. The van der Waals surface area contributed by atoms with Crippen molar-refractivity contribution in [3.8, 4) is 0 Å². The van der Waals surface area contributed by atoms with E-state index in [1.54, 1.807) is 24.3 Å². The molecule has 0 aromatic heterocycles. The van der Waals surface area contributed by atoms with Crippen LogP contribution in [0.4, 0.5) is 15.8 Å². The maximum Gasteiger partial charge on any atom is 0.264 e. The number of hydrogen-bond acceptors (Lipinski definition) is 3. The Hall–Kier alpha value is -2.41. The van der Waals surface area contributed by atoms with Crippen molar-refractivity contribution in [2.45, 2.75) is 4.90 Å². The number of nitrogens with zero attached hydrogens (tertiary/aromatic N) is 1. The molecule has 2 aromatic rings. The third-order valence-electron chi connectivity index (χ3n) is 3.12. The van der Waals surface area contributed by atoms with Crippen LogP contribution in [0.3, 0.4) is 0 Å². The van der Waals surface area contributed by atoms with Crippen LogP contribution in [0.2, 0.25) is 0 Å². The van der Waals surface area contributed by atoms with Gasteiger partial charge in [-0.15, -0.1) is 0 Å². The number of anilines is 2. The van der Waals surface area contributed by atoms with Crippen molar-refractivity contribution in [3.63, 3.8) is 0 Å². The Morgan fingerprint density at radius 2 is 1.86 bits per heavy atom. The van der Waals surface area contributed by atoms with E-state index in [0.717, 1.165) is 16.4 Å². The third-order valence-corrected chi connectivity index (χ3v) is 4.87. The number of hydrogen-bond donors (Lipinski definition) is 1. The second-order valence-electron chi connectivity index (χ2n) is 4.53. The number of para-hydroxylation sites is 2. The molecule has 0 aliphatic carbocycles. The van der Waals surface area contributed by atoms with Crippen molar-refractivity contribution in [1.82, 2.24) is 0 Å². The van der Waals surface area contributed by atoms with Gasteiger partial charge in [-0.1, -0.05) is 18.2 Å². The third kappa shape index (κ3) is 2.36. The minimum atomic E-state index is -4.00. The van der Waals surface area contributed by atoms with E-state index in [1.807, 2.05) is 0 Å². The Labute approximate surface area is 121 Å². The molecule has 0 saturated carbocycles. The quantitative estimate of drug-likeness (QED) is 0.922. The van der Waals surface area contributed by atoms with Crippen molar-refractivity contribution in [3.05, 3.63) is 54.3 Å². The summed E-state index contributed by atoms with van der Waals surface area (Å²) in [6.45, 7) is -0.337. The summed E-state index contributed by atoms with van der Waals surface area (Å²) in [7, 11) is -4.00. The minimum Gasteiger partial charge on any atom is -0.323 e. The summed E-state index contributed by atoms with van der Waals surface area (Å²) >= 11 is 0. The van der Waals surface area contributed by atoms with Gasteiger partial charge < -0.3 is 5.32 Å². The average molecular weight is 306 g/mol. The van der Waals surface area contributed by atoms with Crippen LogP contribution in [0.25, 0.3) is 0 Å². The van der Waals surface area contributed by atoms with Gasteiger partial charge in [0.2, 0.25) is 5.91 Å². The lowest BCUT2D eigenvalue weighted by Crippen LogP contribution is -2.42. The fourth-order valence-electron chi connectivity index (χ4n) is 2.17. The highest BCUT2D eigenvalue weighted by Gasteiger charge is 2.32. The number of carbonyl (C=O) groups is 1. The van der Waals surface area contributed by atoms with E-state index in [-0.39, 0.29) is 11.4 Å². The number of nitrogens with one attached hydrogen (secondary N) is 1. The van der Waals surface area contributed by atoms with Crippen LogP contribution in [0, 0.1) is 5.82 Å². The molecule has 108 valence electrons. The largest absolute Gasteiger partial charge is 0.323 e. The zero-order valence-corrected chi connectivity index (χ0v) is 11.6. The van der Waals surface area contributed by atoms with Crippen molar-refractivity contribution < 1.29 is 17.6 Å². The lowest BCUT2D eigenvalue weighted by Gasteiger charge is -2.30. The maximum atomic E-state index is 13.3. The van der Waals surface area contributed by atoms with Gasteiger partial charge in [0.15, 0.2) is 0 Å². The van der Waals surface area contributed by atoms with Crippen LogP contribution < -0.4 is 9.62 Å². The molecule has 2 aromatic carbocycles. The molecular weight excluding hydrogens is 295 g/mol. The molecule has 3 rings (SSSR count). The highest BCUT2D eigenvalue weighted by atomic mass is 32.2. The SMILES string of the molecule is O=C1CN(S(=O)(=O)c2cccc(F)c2)c2ccccc2N1. The molecule has 1 heterocycles. The first-order valence-corrected chi connectivity index (χ1v) is 7.60. The summed E-state index contributed by atoms with van der Waals surface area (Å²) in [5.74, 6) is -1.08. The molecule has 0 unspecified atom stereocenters. The lowest BCUT2D eigenvalue weighted by molar-refractivity contribution is -0.115. The zero-order chi connectivity index (χ0) is 15.0. The molecule has 1 amide bonds.